The molecule has 0 aromatic heterocycles. The summed E-state index contributed by atoms with van der Waals surface area (Å²) in [6, 6.07) is -0.612. The van der Waals surface area contributed by atoms with E-state index in [0.29, 0.717) is 6.42 Å². The van der Waals surface area contributed by atoms with Gasteiger partial charge in [0, 0.05) is 12.0 Å². The van der Waals surface area contributed by atoms with Crippen LogP contribution in [0.4, 0.5) is 0 Å². The van der Waals surface area contributed by atoms with Crippen LogP contribution in [0.5, 0.6) is 0 Å². The molecule has 0 unspecified atom stereocenters. The van der Waals surface area contributed by atoms with Gasteiger partial charge in [0.05, 0.1) is 12.1 Å². The number of rotatable bonds is 17. The molecule has 28 heavy (non-hydrogen) atoms. The zero-order valence-electron chi connectivity index (χ0n) is 19.0. The molecule has 0 rings (SSSR count). The van der Waals surface area contributed by atoms with Crippen molar-refractivity contribution >= 4 is 5.91 Å². The topological polar surface area (TPSA) is 95.6 Å². The number of hydrogen-bond donors (Lipinski definition) is 4. The van der Waals surface area contributed by atoms with Gasteiger partial charge in [0.25, 0.3) is 0 Å². The molecule has 0 bridgehead atoms. The summed E-state index contributed by atoms with van der Waals surface area (Å²) >= 11 is 0. The Balaban J connectivity index is 3.78. The number of nitrogens with one attached hydrogen (secondary N) is 1. The van der Waals surface area contributed by atoms with E-state index in [0.717, 1.165) is 12.8 Å². The van der Waals surface area contributed by atoms with Crippen LogP contribution in [0.15, 0.2) is 0 Å². The third kappa shape index (κ3) is 13.5. The maximum atomic E-state index is 12.1. The molecule has 0 saturated carbocycles. The average Bonchev–Trinajstić information content (AvgIpc) is 2.65. The molecule has 0 fully saturated rings. The van der Waals surface area contributed by atoms with Crippen LogP contribution >= 0.6 is 0 Å². The normalized spacial score (nSPS) is 15.2. The number of aliphatic hydroxyl groups excluding tert-OH is 2. The van der Waals surface area contributed by atoms with Crippen LogP contribution in [0.25, 0.3) is 0 Å². The van der Waals surface area contributed by atoms with E-state index in [4.69, 9.17) is 5.73 Å². The fourth-order valence-electron chi connectivity index (χ4n) is 3.30. The summed E-state index contributed by atoms with van der Waals surface area (Å²) < 4.78 is 0. The van der Waals surface area contributed by atoms with Gasteiger partial charge in [-0.3, -0.25) is 4.79 Å². The molecule has 5 N–H and O–H groups in total. The molecule has 0 saturated heterocycles. The second kappa shape index (κ2) is 16.2. The van der Waals surface area contributed by atoms with Crippen LogP contribution in [0, 0.1) is 5.41 Å². The summed E-state index contributed by atoms with van der Waals surface area (Å²) in [7, 11) is 0. The lowest BCUT2D eigenvalue weighted by molar-refractivity contribution is -0.130. The van der Waals surface area contributed by atoms with Crippen molar-refractivity contribution in [2.45, 2.75) is 129 Å². The second-order valence-electron chi connectivity index (χ2n) is 9.30. The van der Waals surface area contributed by atoms with Crippen molar-refractivity contribution < 1.29 is 15.0 Å². The van der Waals surface area contributed by atoms with Gasteiger partial charge in [-0.2, -0.15) is 0 Å². The molecule has 1 amide bonds. The Kier molecular flexibility index (Phi) is 15.8. The Morgan fingerprint density at radius 1 is 0.857 bits per heavy atom. The van der Waals surface area contributed by atoms with Gasteiger partial charge in [0.1, 0.15) is 6.10 Å². The Bertz CT molecular complexity index is 383. The van der Waals surface area contributed by atoms with E-state index in [9.17, 15) is 15.0 Å². The summed E-state index contributed by atoms with van der Waals surface area (Å²) in [6.45, 7) is 7.79. The minimum absolute atomic E-state index is 0.110. The van der Waals surface area contributed by atoms with E-state index < -0.39 is 23.7 Å². The Hall–Kier alpha value is -0.650. The molecule has 0 aliphatic heterocycles. The van der Waals surface area contributed by atoms with Gasteiger partial charge < -0.3 is 21.3 Å². The lowest BCUT2D eigenvalue weighted by Crippen LogP contribution is -2.54. The van der Waals surface area contributed by atoms with Gasteiger partial charge in [-0.05, 0) is 6.42 Å². The fourth-order valence-corrected chi connectivity index (χ4v) is 3.30. The zero-order chi connectivity index (χ0) is 21.4. The number of nitrogens with two attached hydrogens (primary N) is 1. The molecule has 168 valence electrons. The minimum atomic E-state index is -1.02. The van der Waals surface area contributed by atoms with E-state index in [1.807, 2.05) is 20.8 Å². The van der Waals surface area contributed by atoms with E-state index in [1.165, 1.54) is 64.2 Å². The van der Waals surface area contributed by atoms with E-state index >= 15 is 0 Å². The highest BCUT2D eigenvalue weighted by atomic mass is 16.3. The molecule has 5 nitrogen and oxygen atoms in total. The molecular formula is C23H48N2O3. The Morgan fingerprint density at radius 3 is 1.68 bits per heavy atom. The summed E-state index contributed by atoms with van der Waals surface area (Å²) in [5.41, 5.74) is 5.14. The molecule has 0 radical (unpaired) electrons. The van der Waals surface area contributed by atoms with Gasteiger partial charge in [-0.25, -0.2) is 0 Å². The van der Waals surface area contributed by atoms with Crippen molar-refractivity contribution in [3.63, 3.8) is 0 Å². The quantitative estimate of drug-likeness (QED) is 0.274. The maximum absolute atomic E-state index is 12.1. The van der Waals surface area contributed by atoms with Crippen molar-refractivity contribution in [2.75, 3.05) is 6.54 Å². The third-order valence-corrected chi connectivity index (χ3v) is 5.41. The number of carbonyl (C=O) groups excluding carboxylic acids is 1. The van der Waals surface area contributed by atoms with Crippen molar-refractivity contribution in [3.05, 3.63) is 0 Å². The van der Waals surface area contributed by atoms with E-state index in [2.05, 4.69) is 12.2 Å². The largest absolute Gasteiger partial charge is 0.390 e. The molecule has 0 aliphatic carbocycles. The second-order valence-corrected chi connectivity index (χ2v) is 9.30. The predicted molar refractivity (Wildman–Crippen MR) is 118 cm³/mol. The van der Waals surface area contributed by atoms with Gasteiger partial charge >= 0.3 is 0 Å². The highest BCUT2D eigenvalue weighted by molar-refractivity contribution is 5.81. The molecular weight excluding hydrogens is 352 g/mol. The maximum Gasteiger partial charge on any atom is 0.225 e. The highest BCUT2D eigenvalue weighted by Crippen LogP contribution is 2.16. The standard InChI is InChI=1S/C23H48N2O3/c1-5-6-7-8-9-10-11-12-13-14-15-16-17-20(26)21(27)19(18-24)25-22(28)23(2,3)4/h19-21,26-27H,5-18,24H2,1-4H3,(H,25,28)/t19-,20+,21-/m0/s1. The fraction of sp³-hybridized carbons (Fsp3) is 0.957. The smallest absolute Gasteiger partial charge is 0.225 e. The van der Waals surface area contributed by atoms with Crippen LogP contribution in [0.3, 0.4) is 0 Å². The highest BCUT2D eigenvalue weighted by Gasteiger charge is 2.30. The molecule has 0 heterocycles. The first-order valence-corrected chi connectivity index (χ1v) is 11.6. The number of hydrogen-bond acceptors (Lipinski definition) is 4. The Labute approximate surface area is 173 Å². The van der Waals surface area contributed by atoms with Crippen molar-refractivity contribution in [1.29, 1.82) is 0 Å². The molecule has 0 aromatic carbocycles. The van der Waals surface area contributed by atoms with Crippen LogP contribution in [-0.4, -0.2) is 40.9 Å². The molecule has 0 aromatic rings. The van der Waals surface area contributed by atoms with Crippen molar-refractivity contribution in [1.82, 2.24) is 5.32 Å². The summed E-state index contributed by atoms with van der Waals surface area (Å²) in [6.07, 6.45) is 13.9. The number of carbonyl (C=O) groups is 1. The predicted octanol–water partition coefficient (Wildman–Crippen LogP) is 4.29. The van der Waals surface area contributed by atoms with Crippen LogP contribution in [-0.2, 0) is 4.79 Å². The van der Waals surface area contributed by atoms with Gasteiger partial charge in [0.15, 0.2) is 0 Å². The summed E-state index contributed by atoms with van der Waals surface area (Å²) in [4.78, 5) is 12.1. The minimum Gasteiger partial charge on any atom is -0.390 e. The third-order valence-electron chi connectivity index (χ3n) is 5.41. The monoisotopic (exact) mass is 400 g/mol. The van der Waals surface area contributed by atoms with E-state index in [-0.39, 0.29) is 12.5 Å². The first kappa shape index (κ1) is 27.4. The van der Waals surface area contributed by atoms with E-state index in [1.54, 1.807) is 0 Å². The van der Waals surface area contributed by atoms with Gasteiger partial charge in [0.2, 0.25) is 5.91 Å². The Morgan fingerprint density at radius 2 is 1.29 bits per heavy atom. The number of unbranched alkanes of at least 4 members (excludes halogenated alkanes) is 11. The molecule has 5 heteroatoms. The molecule has 3 atom stereocenters. The summed E-state index contributed by atoms with van der Waals surface area (Å²) in [5.74, 6) is -0.167. The zero-order valence-corrected chi connectivity index (χ0v) is 19.0. The van der Waals surface area contributed by atoms with Crippen LogP contribution in [0.2, 0.25) is 0 Å². The van der Waals surface area contributed by atoms with Gasteiger partial charge in [-0.1, -0.05) is 105 Å². The summed E-state index contributed by atoms with van der Waals surface area (Å²) in [5, 5.41) is 23.3. The lowest BCUT2D eigenvalue weighted by atomic mass is 9.93. The number of aliphatic hydroxyl groups is 2. The number of amides is 1. The first-order valence-electron chi connectivity index (χ1n) is 11.6. The molecule has 0 spiro atoms. The van der Waals surface area contributed by atoms with Crippen molar-refractivity contribution in [2.24, 2.45) is 11.1 Å². The van der Waals surface area contributed by atoms with Crippen LogP contribution < -0.4 is 11.1 Å². The van der Waals surface area contributed by atoms with Gasteiger partial charge in [-0.15, -0.1) is 0 Å². The molecule has 0 aliphatic rings. The lowest BCUT2D eigenvalue weighted by Gasteiger charge is -2.29. The SMILES string of the molecule is CCCCCCCCCCCCCC[C@@H](O)[C@@H](O)[C@H](CN)NC(=O)C(C)(C)C. The average molecular weight is 401 g/mol. The van der Waals surface area contributed by atoms with Crippen molar-refractivity contribution in [3.8, 4) is 0 Å². The first-order chi connectivity index (χ1) is 13.2. The van der Waals surface area contributed by atoms with Crippen LogP contribution in [0.1, 0.15) is 111 Å².